The number of esters is 1. The van der Waals surface area contributed by atoms with Gasteiger partial charge in [-0.05, 0) is 36.8 Å². The normalized spacial score (nSPS) is 12.0. The van der Waals surface area contributed by atoms with E-state index in [9.17, 15) is 9.59 Å². The first-order valence-electron chi connectivity index (χ1n) is 8.40. The number of methoxy groups -OCH3 is 2. The maximum absolute atomic E-state index is 13.1. The lowest BCUT2D eigenvalue weighted by Gasteiger charge is -2.15. The van der Waals surface area contributed by atoms with E-state index in [2.05, 4.69) is 4.98 Å². The van der Waals surface area contributed by atoms with Crippen molar-refractivity contribution in [2.45, 2.75) is 23.9 Å². The Kier molecular flexibility index (Phi) is 5.81. The van der Waals surface area contributed by atoms with Gasteiger partial charge in [0.05, 0.1) is 31.7 Å². The molecule has 0 spiro atoms. The van der Waals surface area contributed by atoms with E-state index in [0.717, 1.165) is 11.3 Å². The third-order valence-electron chi connectivity index (χ3n) is 4.14. The Balaban J connectivity index is 2.06. The first-order chi connectivity index (χ1) is 13.0. The van der Waals surface area contributed by atoms with E-state index in [0.29, 0.717) is 22.6 Å². The van der Waals surface area contributed by atoms with Gasteiger partial charge in [0, 0.05) is 0 Å². The van der Waals surface area contributed by atoms with Crippen LogP contribution in [0.1, 0.15) is 12.5 Å². The second kappa shape index (κ2) is 8.26. The lowest BCUT2D eigenvalue weighted by Crippen LogP contribution is -2.25. The number of rotatable bonds is 6. The monoisotopic (exact) mass is 384 g/mol. The minimum absolute atomic E-state index is 0.143. The molecule has 1 unspecified atom stereocenters. The number of benzene rings is 2. The van der Waals surface area contributed by atoms with Crippen molar-refractivity contribution in [1.29, 1.82) is 0 Å². The fourth-order valence-corrected chi connectivity index (χ4v) is 3.60. The highest BCUT2D eigenvalue weighted by molar-refractivity contribution is 8.00. The number of ether oxygens (including phenoxy) is 2. The van der Waals surface area contributed by atoms with Gasteiger partial charge in [0.25, 0.3) is 5.56 Å². The molecule has 0 radical (unpaired) electrons. The molecule has 7 heteroatoms. The van der Waals surface area contributed by atoms with Crippen molar-refractivity contribution in [3.63, 3.8) is 0 Å². The summed E-state index contributed by atoms with van der Waals surface area (Å²) in [4.78, 5) is 29.5. The van der Waals surface area contributed by atoms with Crippen LogP contribution in [-0.4, -0.2) is 35.0 Å². The van der Waals surface area contributed by atoms with Crippen molar-refractivity contribution in [2.75, 3.05) is 14.2 Å². The molecule has 3 rings (SSSR count). The molecular weight excluding hydrogens is 364 g/mol. The van der Waals surface area contributed by atoms with Gasteiger partial charge in [0.15, 0.2) is 5.16 Å². The van der Waals surface area contributed by atoms with E-state index >= 15 is 0 Å². The number of fused-ring (bicyclic) bond motifs is 1. The summed E-state index contributed by atoms with van der Waals surface area (Å²) in [5, 5.41) is 0.540. The van der Waals surface area contributed by atoms with Gasteiger partial charge in [-0.25, -0.2) is 4.98 Å². The second-order valence-corrected chi connectivity index (χ2v) is 7.24. The summed E-state index contributed by atoms with van der Waals surface area (Å²) in [5.74, 6) is 0.384. The summed E-state index contributed by atoms with van der Waals surface area (Å²) < 4.78 is 11.6. The van der Waals surface area contributed by atoms with Gasteiger partial charge in [-0.3, -0.25) is 14.2 Å². The van der Waals surface area contributed by atoms with Gasteiger partial charge in [0.1, 0.15) is 11.0 Å². The molecule has 0 aliphatic rings. The molecule has 3 aromatic rings. The predicted octanol–water partition coefficient (Wildman–Crippen LogP) is 3.11. The van der Waals surface area contributed by atoms with Crippen LogP contribution in [0.25, 0.3) is 10.9 Å². The highest BCUT2D eigenvalue weighted by Gasteiger charge is 2.20. The summed E-state index contributed by atoms with van der Waals surface area (Å²) in [5.41, 5.74) is 1.39. The van der Waals surface area contributed by atoms with Gasteiger partial charge in [-0.15, -0.1) is 0 Å². The average Bonchev–Trinajstić information content (AvgIpc) is 2.70. The number of para-hydroxylation sites is 1. The quantitative estimate of drug-likeness (QED) is 0.369. The highest BCUT2D eigenvalue weighted by Crippen LogP contribution is 2.24. The molecule has 0 saturated carbocycles. The van der Waals surface area contributed by atoms with Crippen LogP contribution >= 0.6 is 11.8 Å². The smallest absolute Gasteiger partial charge is 0.318 e. The fourth-order valence-electron chi connectivity index (χ4n) is 2.66. The molecule has 0 amide bonds. The van der Waals surface area contributed by atoms with E-state index in [4.69, 9.17) is 9.47 Å². The predicted molar refractivity (Wildman–Crippen MR) is 105 cm³/mol. The minimum atomic E-state index is -0.481. The standard InChI is InChI=1S/C20H20N2O4S/c1-13(19(24)26-3)27-20-21-17-7-5-4-6-16(17)18(23)22(20)12-14-8-10-15(25-2)11-9-14/h4-11,13H,12H2,1-3H3. The first kappa shape index (κ1) is 19.0. The zero-order chi connectivity index (χ0) is 19.4. The summed E-state index contributed by atoms with van der Waals surface area (Å²) in [6, 6.07) is 14.7. The lowest BCUT2D eigenvalue weighted by atomic mass is 10.2. The van der Waals surface area contributed by atoms with Gasteiger partial charge in [-0.2, -0.15) is 0 Å². The Labute approximate surface area is 161 Å². The molecule has 1 heterocycles. The molecule has 0 saturated heterocycles. The van der Waals surface area contributed by atoms with Gasteiger partial charge < -0.3 is 9.47 Å². The molecule has 6 nitrogen and oxygen atoms in total. The van der Waals surface area contributed by atoms with E-state index in [1.54, 1.807) is 30.7 Å². The van der Waals surface area contributed by atoms with Gasteiger partial charge >= 0.3 is 5.97 Å². The van der Waals surface area contributed by atoms with Crippen LogP contribution in [0.5, 0.6) is 5.75 Å². The van der Waals surface area contributed by atoms with Crippen molar-refractivity contribution in [3.8, 4) is 5.75 Å². The average molecular weight is 384 g/mol. The molecule has 140 valence electrons. The lowest BCUT2D eigenvalue weighted by molar-refractivity contribution is -0.139. The molecule has 0 bridgehead atoms. The molecule has 27 heavy (non-hydrogen) atoms. The third-order valence-corrected chi connectivity index (χ3v) is 5.21. The number of hydrogen-bond donors (Lipinski definition) is 0. The van der Waals surface area contributed by atoms with Crippen molar-refractivity contribution in [1.82, 2.24) is 9.55 Å². The highest BCUT2D eigenvalue weighted by atomic mass is 32.2. The first-order valence-corrected chi connectivity index (χ1v) is 9.28. The number of hydrogen-bond acceptors (Lipinski definition) is 6. The van der Waals surface area contributed by atoms with Crippen LogP contribution in [-0.2, 0) is 16.1 Å². The Morgan fingerprint density at radius 3 is 2.52 bits per heavy atom. The van der Waals surface area contributed by atoms with E-state index in [1.807, 2.05) is 36.4 Å². The Morgan fingerprint density at radius 1 is 1.15 bits per heavy atom. The van der Waals surface area contributed by atoms with Crippen LogP contribution in [0, 0.1) is 0 Å². The molecule has 0 aliphatic heterocycles. The summed E-state index contributed by atoms with van der Waals surface area (Å²) >= 11 is 1.21. The SMILES string of the molecule is COC(=O)C(C)Sc1nc2ccccc2c(=O)n1Cc1ccc(OC)cc1. The zero-order valence-corrected chi connectivity index (χ0v) is 16.2. The van der Waals surface area contributed by atoms with E-state index in [1.165, 1.54) is 18.9 Å². The van der Waals surface area contributed by atoms with Crippen LogP contribution in [0.4, 0.5) is 0 Å². The second-order valence-electron chi connectivity index (χ2n) is 5.93. The maximum atomic E-state index is 13.1. The van der Waals surface area contributed by atoms with Gasteiger partial charge in [-0.1, -0.05) is 36.0 Å². The third kappa shape index (κ3) is 4.14. The van der Waals surface area contributed by atoms with E-state index in [-0.39, 0.29) is 11.5 Å². The van der Waals surface area contributed by atoms with Crippen LogP contribution < -0.4 is 10.3 Å². The summed E-state index contributed by atoms with van der Waals surface area (Å²) in [6.45, 7) is 2.08. The Bertz CT molecular complexity index is 1010. The molecular formula is C20H20N2O4S. The molecule has 0 fully saturated rings. The maximum Gasteiger partial charge on any atom is 0.318 e. The Morgan fingerprint density at radius 2 is 1.85 bits per heavy atom. The number of carbonyl (C=O) groups is 1. The number of aromatic nitrogens is 2. The topological polar surface area (TPSA) is 70.4 Å². The van der Waals surface area contributed by atoms with Crippen molar-refractivity contribution >= 4 is 28.6 Å². The zero-order valence-electron chi connectivity index (χ0n) is 15.3. The molecule has 0 aliphatic carbocycles. The van der Waals surface area contributed by atoms with Crippen molar-refractivity contribution in [2.24, 2.45) is 0 Å². The molecule has 1 atom stereocenters. The van der Waals surface area contributed by atoms with Crippen molar-refractivity contribution < 1.29 is 14.3 Å². The number of nitrogens with zero attached hydrogens (tertiary/aromatic N) is 2. The summed E-state index contributed by atoms with van der Waals surface area (Å²) in [6.07, 6.45) is 0. The van der Waals surface area contributed by atoms with Crippen molar-refractivity contribution in [3.05, 3.63) is 64.4 Å². The largest absolute Gasteiger partial charge is 0.497 e. The van der Waals surface area contributed by atoms with E-state index < -0.39 is 5.25 Å². The molecule has 1 aromatic heterocycles. The van der Waals surface area contributed by atoms with Crippen LogP contribution in [0.15, 0.2) is 58.5 Å². The summed E-state index contributed by atoms with van der Waals surface area (Å²) in [7, 11) is 2.95. The Hall–Kier alpha value is -2.80. The number of carbonyl (C=O) groups excluding carboxylic acids is 1. The fraction of sp³-hybridized carbons (Fsp3) is 0.250. The van der Waals surface area contributed by atoms with Crippen LogP contribution in [0.3, 0.4) is 0 Å². The minimum Gasteiger partial charge on any atom is -0.497 e. The van der Waals surface area contributed by atoms with Gasteiger partial charge in [0.2, 0.25) is 0 Å². The number of thioether (sulfide) groups is 1. The van der Waals surface area contributed by atoms with Crippen LogP contribution in [0.2, 0.25) is 0 Å². The molecule has 0 N–H and O–H groups in total. The molecule has 2 aromatic carbocycles.